The number of nitrogens with zero attached hydrogens (tertiary/aromatic N) is 1. The Balaban J connectivity index is 2.30. The molecule has 1 saturated heterocycles. The molecular weight excluding hydrogens is 276 g/mol. The summed E-state index contributed by atoms with van der Waals surface area (Å²) in [5.74, 6) is 0. The number of carbonyl (C=O) groups excluding carboxylic acids is 1. The zero-order valence-electron chi connectivity index (χ0n) is 15.5. The summed E-state index contributed by atoms with van der Waals surface area (Å²) in [6.45, 7) is 15.2. The van der Waals surface area contributed by atoms with Gasteiger partial charge in [-0.3, -0.25) is 0 Å². The van der Waals surface area contributed by atoms with Crippen LogP contribution in [-0.4, -0.2) is 42.3 Å². The first-order chi connectivity index (χ1) is 10.1. The third kappa shape index (κ3) is 7.48. The van der Waals surface area contributed by atoms with E-state index in [0.717, 1.165) is 26.1 Å². The SMILES string of the molecule is CCCCCC(C)(C)CNC1CCN(C(=O)OC(C)(C)C)C1. The van der Waals surface area contributed by atoms with E-state index in [1.165, 1.54) is 25.7 Å². The van der Waals surface area contributed by atoms with E-state index in [1.807, 2.05) is 25.7 Å². The summed E-state index contributed by atoms with van der Waals surface area (Å²) in [6.07, 6.45) is 6.00. The second kappa shape index (κ2) is 8.19. The lowest BCUT2D eigenvalue weighted by Gasteiger charge is -2.27. The van der Waals surface area contributed by atoms with Crippen LogP contribution in [0, 0.1) is 5.41 Å². The van der Waals surface area contributed by atoms with Crippen molar-refractivity contribution < 1.29 is 9.53 Å². The van der Waals surface area contributed by atoms with Crippen LogP contribution >= 0.6 is 0 Å². The van der Waals surface area contributed by atoms with E-state index in [2.05, 4.69) is 26.1 Å². The molecule has 0 spiro atoms. The Bertz CT molecular complexity index is 347. The van der Waals surface area contributed by atoms with Crippen molar-refractivity contribution in [2.45, 2.75) is 85.3 Å². The summed E-state index contributed by atoms with van der Waals surface area (Å²) >= 11 is 0. The molecule has 4 heteroatoms. The standard InChI is InChI=1S/C18H36N2O2/c1-7-8-9-11-18(5,6)14-19-15-10-12-20(13-15)16(21)22-17(2,3)4/h15,19H,7-14H2,1-6H3. The Morgan fingerprint density at radius 3 is 2.50 bits per heavy atom. The summed E-state index contributed by atoms with van der Waals surface area (Å²) in [6, 6.07) is 0.401. The van der Waals surface area contributed by atoms with E-state index in [-0.39, 0.29) is 6.09 Å². The Morgan fingerprint density at radius 2 is 1.91 bits per heavy atom. The lowest BCUT2D eigenvalue weighted by Crippen LogP contribution is -2.41. The number of ether oxygens (including phenoxy) is 1. The van der Waals surface area contributed by atoms with Crippen LogP contribution in [0.5, 0.6) is 0 Å². The van der Waals surface area contributed by atoms with Crippen molar-refractivity contribution in [2.24, 2.45) is 5.41 Å². The fourth-order valence-electron chi connectivity index (χ4n) is 2.78. The number of carbonyl (C=O) groups is 1. The molecule has 0 aliphatic carbocycles. The van der Waals surface area contributed by atoms with Crippen LogP contribution in [0.4, 0.5) is 4.79 Å². The zero-order chi connectivity index (χ0) is 16.8. The van der Waals surface area contributed by atoms with Gasteiger partial charge in [0.2, 0.25) is 0 Å². The van der Waals surface area contributed by atoms with E-state index < -0.39 is 5.60 Å². The zero-order valence-corrected chi connectivity index (χ0v) is 15.5. The number of nitrogens with one attached hydrogen (secondary N) is 1. The molecule has 1 aliphatic rings. The highest BCUT2D eigenvalue weighted by Gasteiger charge is 2.30. The van der Waals surface area contributed by atoms with Gasteiger partial charge >= 0.3 is 6.09 Å². The van der Waals surface area contributed by atoms with Gasteiger partial charge < -0.3 is 15.0 Å². The number of hydrogen-bond acceptors (Lipinski definition) is 3. The van der Waals surface area contributed by atoms with Gasteiger partial charge in [0.05, 0.1) is 0 Å². The molecule has 1 unspecified atom stereocenters. The Labute approximate surface area is 137 Å². The summed E-state index contributed by atoms with van der Waals surface area (Å²) < 4.78 is 5.44. The molecule has 1 atom stereocenters. The molecule has 4 nitrogen and oxygen atoms in total. The van der Waals surface area contributed by atoms with Crippen molar-refractivity contribution >= 4 is 6.09 Å². The monoisotopic (exact) mass is 312 g/mol. The normalized spacial score (nSPS) is 19.5. The third-order valence-corrected chi connectivity index (χ3v) is 4.17. The van der Waals surface area contributed by atoms with E-state index >= 15 is 0 Å². The molecule has 1 amide bonds. The Kier molecular flexibility index (Phi) is 7.17. The van der Waals surface area contributed by atoms with Crippen LogP contribution in [0.2, 0.25) is 0 Å². The van der Waals surface area contributed by atoms with E-state index in [1.54, 1.807) is 0 Å². The molecule has 1 fully saturated rings. The second-order valence-corrected chi connectivity index (χ2v) is 8.41. The van der Waals surface area contributed by atoms with Crippen molar-refractivity contribution in [3.8, 4) is 0 Å². The van der Waals surface area contributed by atoms with Crippen LogP contribution in [0.25, 0.3) is 0 Å². The largest absolute Gasteiger partial charge is 0.444 e. The smallest absolute Gasteiger partial charge is 0.410 e. The molecule has 0 saturated carbocycles. The summed E-state index contributed by atoms with van der Waals surface area (Å²) in [4.78, 5) is 13.9. The minimum absolute atomic E-state index is 0.181. The minimum Gasteiger partial charge on any atom is -0.444 e. The molecular formula is C18H36N2O2. The van der Waals surface area contributed by atoms with Gasteiger partial charge in [0.25, 0.3) is 0 Å². The minimum atomic E-state index is -0.413. The molecule has 1 heterocycles. The average Bonchev–Trinajstić information content (AvgIpc) is 2.83. The summed E-state index contributed by atoms with van der Waals surface area (Å²) in [5, 5.41) is 3.65. The fourth-order valence-corrected chi connectivity index (χ4v) is 2.78. The molecule has 1 rings (SSSR count). The molecule has 0 bridgehead atoms. The van der Waals surface area contributed by atoms with Gasteiger partial charge in [0.1, 0.15) is 5.60 Å². The van der Waals surface area contributed by atoms with Gasteiger partial charge in [-0.1, -0.05) is 40.0 Å². The van der Waals surface area contributed by atoms with E-state index in [0.29, 0.717) is 11.5 Å². The van der Waals surface area contributed by atoms with Gasteiger partial charge in [0.15, 0.2) is 0 Å². The lowest BCUT2D eigenvalue weighted by atomic mass is 9.86. The van der Waals surface area contributed by atoms with Crippen LogP contribution in [0.3, 0.4) is 0 Å². The van der Waals surface area contributed by atoms with Crippen molar-refractivity contribution in [1.29, 1.82) is 0 Å². The van der Waals surface area contributed by atoms with Crippen LogP contribution in [0.15, 0.2) is 0 Å². The Morgan fingerprint density at radius 1 is 1.23 bits per heavy atom. The third-order valence-electron chi connectivity index (χ3n) is 4.17. The average molecular weight is 312 g/mol. The van der Waals surface area contributed by atoms with Crippen molar-refractivity contribution in [2.75, 3.05) is 19.6 Å². The highest BCUT2D eigenvalue weighted by Crippen LogP contribution is 2.23. The van der Waals surface area contributed by atoms with Crippen molar-refractivity contribution in [3.05, 3.63) is 0 Å². The quantitative estimate of drug-likeness (QED) is 0.717. The maximum Gasteiger partial charge on any atom is 0.410 e. The first-order valence-electron chi connectivity index (χ1n) is 8.84. The first-order valence-corrected chi connectivity index (χ1v) is 8.84. The molecule has 1 aliphatic heterocycles. The second-order valence-electron chi connectivity index (χ2n) is 8.41. The van der Waals surface area contributed by atoms with Gasteiger partial charge in [-0.25, -0.2) is 4.79 Å². The van der Waals surface area contributed by atoms with Crippen LogP contribution in [-0.2, 0) is 4.74 Å². The fraction of sp³-hybridized carbons (Fsp3) is 0.944. The van der Waals surface area contributed by atoms with Gasteiger partial charge in [-0.15, -0.1) is 0 Å². The molecule has 0 aromatic rings. The van der Waals surface area contributed by atoms with E-state index in [4.69, 9.17) is 4.74 Å². The number of unbranched alkanes of at least 4 members (excludes halogenated alkanes) is 2. The number of amides is 1. The maximum absolute atomic E-state index is 12.1. The molecule has 0 aromatic carbocycles. The van der Waals surface area contributed by atoms with Crippen LogP contribution < -0.4 is 5.32 Å². The maximum atomic E-state index is 12.1. The highest BCUT2D eigenvalue weighted by atomic mass is 16.6. The molecule has 0 radical (unpaired) electrons. The molecule has 1 N–H and O–H groups in total. The predicted octanol–water partition coefficient (Wildman–Crippen LogP) is 4.19. The van der Waals surface area contributed by atoms with Crippen LogP contribution in [0.1, 0.15) is 73.6 Å². The number of rotatable bonds is 7. The number of hydrogen-bond donors (Lipinski definition) is 1. The van der Waals surface area contributed by atoms with Gasteiger partial charge in [-0.2, -0.15) is 0 Å². The van der Waals surface area contributed by atoms with Gasteiger partial charge in [-0.05, 0) is 39.0 Å². The van der Waals surface area contributed by atoms with Crippen molar-refractivity contribution in [3.63, 3.8) is 0 Å². The van der Waals surface area contributed by atoms with Crippen molar-refractivity contribution in [1.82, 2.24) is 10.2 Å². The first kappa shape index (κ1) is 19.3. The molecule has 0 aromatic heterocycles. The topological polar surface area (TPSA) is 41.6 Å². The Hall–Kier alpha value is -0.770. The number of likely N-dealkylation sites (tertiary alicyclic amines) is 1. The van der Waals surface area contributed by atoms with E-state index in [9.17, 15) is 4.79 Å². The summed E-state index contributed by atoms with van der Waals surface area (Å²) in [5.41, 5.74) is -0.0849. The molecule has 22 heavy (non-hydrogen) atoms. The molecule has 130 valence electrons. The summed E-state index contributed by atoms with van der Waals surface area (Å²) in [7, 11) is 0. The highest BCUT2D eigenvalue weighted by molar-refractivity contribution is 5.68. The predicted molar refractivity (Wildman–Crippen MR) is 92.1 cm³/mol. The lowest BCUT2D eigenvalue weighted by molar-refractivity contribution is 0.0290. The van der Waals surface area contributed by atoms with Gasteiger partial charge in [0, 0.05) is 25.7 Å².